The van der Waals surface area contributed by atoms with E-state index in [0.29, 0.717) is 12.2 Å². The van der Waals surface area contributed by atoms with Gasteiger partial charge in [0.1, 0.15) is 11.5 Å². The third-order valence-corrected chi connectivity index (χ3v) is 6.90. The van der Waals surface area contributed by atoms with Crippen LogP contribution in [0.25, 0.3) is 0 Å². The standard InChI is InChI=1S/C23H32O3/c1-22(2,3)19-10-18(25-4)5-6-20(19)26-21(24)14-23-11-15-7-16(12-23)9-17(8-15)13-23/h5-6,10,15-17H,7-9,11-14H2,1-4H3. The van der Waals surface area contributed by atoms with E-state index < -0.39 is 0 Å². The predicted octanol–water partition coefficient (Wildman–Crippen LogP) is 5.50. The maximum Gasteiger partial charge on any atom is 0.311 e. The third kappa shape index (κ3) is 3.37. The highest BCUT2D eigenvalue weighted by atomic mass is 16.5. The van der Waals surface area contributed by atoms with Crippen molar-refractivity contribution in [3.05, 3.63) is 23.8 Å². The van der Waals surface area contributed by atoms with Crippen LogP contribution >= 0.6 is 0 Å². The molecular weight excluding hydrogens is 324 g/mol. The van der Waals surface area contributed by atoms with E-state index in [-0.39, 0.29) is 16.8 Å². The van der Waals surface area contributed by atoms with Crippen LogP contribution in [-0.2, 0) is 10.2 Å². The lowest BCUT2D eigenvalue weighted by molar-refractivity contribution is -0.142. The molecule has 4 aliphatic rings. The molecule has 0 amide bonds. The van der Waals surface area contributed by atoms with Crippen LogP contribution < -0.4 is 9.47 Å². The summed E-state index contributed by atoms with van der Waals surface area (Å²) in [7, 11) is 1.67. The van der Waals surface area contributed by atoms with E-state index in [1.807, 2.05) is 18.2 Å². The van der Waals surface area contributed by atoms with E-state index in [1.165, 1.54) is 38.5 Å². The molecule has 0 radical (unpaired) electrons. The first-order valence-corrected chi connectivity index (χ1v) is 10.2. The summed E-state index contributed by atoms with van der Waals surface area (Å²) in [6.07, 6.45) is 8.52. The second kappa shape index (κ2) is 6.28. The second-order valence-corrected chi connectivity index (χ2v) is 10.2. The number of hydrogen-bond acceptors (Lipinski definition) is 3. The third-order valence-electron chi connectivity index (χ3n) is 6.90. The minimum Gasteiger partial charge on any atom is -0.497 e. The maximum atomic E-state index is 12.9. The number of hydrogen-bond donors (Lipinski definition) is 0. The average molecular weight is 357 g/mol. The summed E-state index contributed by atoms with van der Waals surface area (Å²) in [5, 5.41) is 0. The van der Waals surface area contributed by atoms with Gasteiger partial charge < -0.3 is 9.47 Å². The highest BCUT2D eigenvalue weighted by Gasteiger charge is 2.51. The molecular formula is C23H32O3. The number of carbonyl (C=O) groups excluding carboxylic acids is 1. The van der Waals surface area contributed by atoms with Crippen LogP contribution in [0.2, 0.25) is 0 Å². The number of benzene rings is 1. The van der Waals surface area contributed by atoms with Crippen molar-refractivity contribution in [3.8, 4) is 11.5 Å². The molecule has 0 aromatic heterocycles. The number of carbonyl (C=O) groups is 1. The molecule has 0 N–H and O–H groups in total. The first kappa shape index (κ1) is 17.9. The van der Waals surface area contributed by atoms with Crippen molar-refractivity contribution in [1.82, 2.24) is 0 Å². The van der Waals surface area contributed by atoms with E-state index in [1.54, 1.807) is 7.11 Å². The fourth-order valence-electron chi connectivity index (χ4n) is 6.28. The second-order valence-electron chi connectivity index (χ2n) is 10.2. The summed E-state index contributed by atoms with van der Waals surface area (Å²) in [5.41, 5.74) is 1.14. The van der Waals surface area contributed by atoms with Gasteiger partial charge in [-0.25, -0.2) is 0 Å². The highest BCUT2D eigenvalue weighted by Crippen LogP contribution is 2.61. The lowest BCUT2D eigenvalue weighted by Crippen LogP contribution is -2.47. The molecule has 3 nitrogen and oxygen atoms in total. The molecule has 142 valence electrons. The summed E-state index contributed by atoms with van der Waals surface area (Å²) in [6, 6.07) is 5.76. The monoisotopic (exact) mass is 356 g/mol. The van der Waals surface area contributed by atoms with Crippen LogP contribution in [-0.4, -0.2) is 13.1 Å². The van der Waals surface area contributed by atoms with Gasteiger partial charge >= 0.3 is 5.97 Å². The van der Waals surface area contributed by atoms with Gasteiger partial charge in [-0.3, -0.25) is 4.79 Å². The van der Waals surface area contributed by atoms with Gasteiger partial charge in [0.05, 0.1) is 13.5 Å². The molecule has 0 spiro atoms. The molecule has 1 aromatic rings. The summed E-state index contributed by atoms with van der Waals surface area (Å²) >= 11 is 0. The Morgan fingerprint density at radius 3 is 2.15 bits per heavy atom. The molecule has 3 heteroatoms. The number of rotatable bonds is 4. The van der Waals surface area contributed by atoms with Crippen molar-refractivity contribution in [1.29, 1.82) is 0 Å². The molecule has 4 aliphatic carbocycles. The van der Waals surface area contributed by atoms with Crippen LogP contribution in [0.1, 0.15) is 71.3 Å². The predicted molar refractivity (Wildman–Crippen MR) is 103 cm³/mol. The van der Waals surface area contributed by atoms with Gasteiger partial charge in [-0.15, -0.1) is 0 Å². The van der Waals surface area contributed by atoms with Crippen molar-refractivity contribution in [2.75, 3.05) is 7.11 Å². The molecule has 0 heterocycles. The minimum atomic E-state index is -0.106. The summed E-state index contributed by atoms with van der Waals surface area (Å²) in [5.74, 6) is 4.02. The van der Waals surface area contributed by atoms with Crippen molar-refractivity contribution in [3.63, 3.8) is 0 Å². The Bertz CT molecular complexity index is 663. The number of esters is 1. The van der Waals surface area contributed by atoms with Gasteiger partial charge in [-0.2, -0.15) is 0 Å². The summed E-state index contributed by atoms with van der Waals surface area (Å²) < 4.78 is 11.3. The molecule has 0 aliphatic heterocycles. The van der Waals surface area contributed by atoms with Gasteiger partial charge in [0.2, 0.25) is 0 Å². The van der Waals surface area contributed by atoms with Crippen LogP contribution in [0.4, 0.5) is 0 Å². The molecule has 0 saturated heterocycles. The Hall–Kier alpha value is -1.51. The molecule has 4 bridgehead atoms. The minimum absolute atomic E-state index is 0.0531. The first-order valence-electron chi connectivity index (χ1n) is 10.2. The Kier molecular flexibility index (Phi) is 4.32. The topological polar surface area (TPSA) is 35.5 Å². The zero-order valence-corrected chi connectivity index (χ0v) is 16.6. The molecule has 4 fully saturated rings. The van der Waals surface area contributed by atoms with Crippen LogP contribution in [0, 0.1) is 23.2 Å². The van der Waals surface area contributed by atoms with Crippen molar-refractivity contribution in [2.45, 2.75) is 71.1 Å². The van der Waals surface area contributed by atoms with Crippen molar-refractivity contribution >= 4 is 5.97 Å². The van der Waals surface area contributed by atoms with Crippen LogP contribution in [0.15, 0.2) is 18.2 Å². The Morgan fingerprint density at radius 2 is 1.65 bits per heavy atom. The largest absolute Gasteiger partial charge is 0.497 e. The molecule has 5 rings (SSSR count). The fourth-order valence-corrected chi connectivity index (χ4v) is 6.28. The Balaban J connectivity index is 1.50. The van der Waals surface area contributed by atoms with Crippen LogP contribution in [0.5, 0.6) is 11.5 Å². The molecule has 0 unspecified atom stereocenters. The molecule has 4 saturated carbocycles. The van der Waals surface area contributed by atoms with E-state index in [4.69, 9.17) is 9.47 Å². The average Bonchev–Trinajstić information content (AvgIpc) is 2.52. The SMILES string of the molecule is COc1ccc(OC(=O)CC23CC4CC(CC(C4)C2)C3)c(C(C)(C)C)c1. The zero-order valence-electron chi connectivity index (χ0n) is 16.6. The molecule has 0 atom stereocenters. The fraction of sp³-hybridized carbons (Fsp3) is 0.696. The van der Waals surface area contributed by atoms with Gasteiger partial charge in [-0.05, 0) is 85.3 Å². The highest BCUT2D eigenvalue weighted by molar-refractivity contribution is 5.74. The first-order chi connectivity index (χ1) is 12.3. The van der Waals surface area contributed by atoms with Gasteiger partial charge in [0.25, 0.3) is 0 Å². The van der Waals surface area contributed by atoms with E-state index in [9.17, 15) is 4.79 Å². The molecule has 26 heavy (non-hydrogen) atoms. The smallest absolute Gasteiger partial charge is 0.311 e. The number of methoxy groups -OCH3 is 1. The lowest BCUT2D eigenvalue weighted by atomic mass is 9.49. The normalized spacial score (nSPS) is 32.5. The Morgan fingerprint density at radius 1 is 1.08 bits per heavy atom. The zero-order chi connectivity index (χ0) is 18.5. The quantitative estimate of drug-likeness (QED) is 0.527. The van der Waals surface area contributed by atoms with Gasteiger partial charge in [0, 0.05) is 5.56 Å². The van der Waals surface area contributed by atoms with Crippen molar-refractivity contribution in [2.24, 2.45) is 23.2 Å². The van der Waals surface area contributed by atoms with E-state index in [0.717, 1.165) is 29.1 Å². The Labute approximate surface area is 157 Å². The van der Waals surface area contributed by atoms with Gasteiger partial charge in [-0.1, -0.05) is 20.8 Å². The van der Waals surface area contributed by atoms with Crippen molar-refractivity contribution < 1.29 is 14.3 Å². The number of ether oxygens (including phenoxy) is 2. The lowest BCUT2D eigenvalue weighted by Gasteiger charge is -2.56. The van der Waals surface area contributed by atoms with Gasteiger partial charge in [0.15, 0.2) is 0 Å². The maximum absolute atomic E-state index is 12.9. The molecule has 1 aromatic carbocycles. The van der Waals surface area contributed by atoms with E-state index >= 15 is 0 Å². The van der Waals surface area contributed by atoms with E-state index in [2.05, 4.69) is 20.8 Å². The summed E-state index contributed by atoms with van der Waals surface area (Å²) in [4.78, 5) is 12.9. The van der Waals surface area contributed by atoms with Crippen LogP contribution in [0.3, 0.4) is 0 Å². The summed E-state index contributed by atoms with van der Waals surface area (Å²) in [6.45, 7) is 6.41.